The highest BCUT2D eigenvalue weighted by atomic mass is 32.9. The second kappa shape index (κ2) is 11.5. The maximum Gasteiger partial charge on any atom is 0.244 e. The first-order valence-corrected chi connectivity index (χ1v) is 12.6. The SMILES string of the molecule is CCC(C)CC(C)COP(O)(=S)SCC(C)CC(C)CC. The third-order valence-corrected chi connectivity index (χ3v) is 8.57. The number of rotatable bonds is 12. The Bertz CT molecular complexity index is 287. The minimum Gasteiger partial charge on any atom is -0.337 e. The molecule has 21 heavy (non-hydrogen) atoms. The second-order valence-electron chi connectivity index (χ2n) is 6.77. The van der Waals surface area contributed by atoms with Crippen molar-refractivity contribution < 1.29 is 9.42 Å². The van der Waals surface area contributed by atoms with E-state index in [4.69, 9.17) is 16.3 Å². The molecule has 5 unspecified atom stereocenters. The summed E-state index contributed by atoms with van der Waals surface area (Å²) in [5, 5.41) is 0. The fourth-order valence-corrected chi connectivity index (χ4v) is 5.88. The smallest absolute Gasteiger partial charge is 0.244 e. The quantitative estimate of drug-likeness (QED) is 0.429. The van der Waals surface area contributed by atoms with Gasteiger partial charge in [0.05, 0.1) is 6.61 Å². The predicted octanol–water partition coefficient (Wildman–Crippen LogP) is 6.10. The molecule has 2 nitrogen and oxygen atoms in total. The molecule has 0 amide bonds. The summed E-state index contributed by atoms with van der Waals surface area (Å²) in [6.45, 7) is 14.0. The van der Waals surface area contributed by atoms with Crippen molar-refractivity contribution in [1.82, 2.24) is 0 Å². The Labute approximate surface area is 141 Å². The fraction of sp³-hybridized carbons (Fsp3) is 1.00. The summed E-state index contributed by atoms with van der Waals surface area (Å²) < 4.78 is 5.66. The maximum atomic E-state index is 10.3. The van der Waals surface area contributed by atoms with Gasteiger partial charge in [-0.05, 0) is 48.3 Å². The van der Waals surface area contributed by atoms with Gasteiger partial charge in [0.15, 0.2) is 0 Å². The van der Waals surface area contributed by atoms with Gasteiger partial charge in [-0.15, -0.1) is 0 Å². The molecule has 0 rings (SSSR count). The van der Waals surface area contributed by atoms with Crippen molar-refractivity contribution in [2.75, 3.05) is 12.4 Å². The Hall–Kier alpha value is 0.920. The highest BCUT2D eigenvalue weighted by Crippen LogP contribution is 2.57. The topological polar surface area (TPSA) is 29.5 Å². The average molecular weight is 355 g/mol. The minimum atomic E-state index is -2.65. The third kappa shape index (κ3) is 12.1. The predicted molar refractivity (Wildman–Crippen MR) is 101 cm³/mol. The molecule has 0 aromatic carbocycles. The van der Waals surface area contributed by atoms with Crippen molar-refractivity contribution in [2.45, 2.75) is 67.2 Å². The van der Waals surface area contributed by atoms with E-state index in [1.165, 1.54) is 30.6 Å². The molecule has 0 radical (unpaired) electrons. The lowest BCUT2D eigenvalue weighted by Gasteiger charge is -2.22. The van der Waals surface area contributed by atoms with Crippen LogP contribution in [0, 0.1) is 23.7 Å². The molecule has 0 aliphatic carbocycles. The molecule has 0 aromatic heterocycles. The van der Waals surface area contributed by atoms with Crippen LogP contribution < -0.4 is 0 Å². The zero-order valence-corrected chi connectivity index (χ0v) is 17.2. The Morgan fingerprint density at radius 1 is 0.952 bits per heavy atom. The Kier molecular flexibility index (Phi) is 12.0. The molecule has 0 aliphatic heterocycles. The summed E-state index contributed by atoms with van der Waals surface area (Å²) in [7, 11) is 0. The molecule has 1 N–H and O–H groups in total. The van der Waals surface area contributed by atoms with E-state index in [-0.39, 0.29) is 0 Å². The van der Waals surface area contributed by atoms with E-state index in [0.717, 1.165) is 18.1 Å². The number of hydrogen-bond acceptors (Lipinski definition) is 3. The average Bonchev–Trinajstić information content (AvgIpc) is 2.43. The van der Waals surface area contributed by atoms with Crippen LogP contribution >= 0.6 is 17.1 Å². The van der Waals surface area contributed by atoms with Gasteiger partial charge in [-0.25, -0.2) is 0 Å². The molecule has 5 heteroatoms. The second-order valence-corrected chi connectivity index (χ2v) is 13.0. The van der Waals surface area contributed by atoms with Crippen LogP contribution in [0.5, 0.6) is 0 Å². The van der Waals surface area contributed by atoms with Crippen LogP contribution in [0.25, 0.3) is 0 Å². The van der Waals surface area contributed by atoms with Crippen molar-refractivity contribution in [3.63, 3.8) is 0 Å². The molecule has 0 spiro atoms. The molecular formula is C16H35O2PS2. The molecule has 0 heterocycles. The van der Waals surface area contributed by atoms with Gasteiger partial charge in [0.1, 0.15) is 0 Å². The van der Waals surface area contributed by atoms with Crippen LogP contribution in [0.15, 0.2) is 0 Å². The van der Waals surface area contributed by atoms with Crippen molar-refractivity contribution in [1.29, 1.82) is 0 Å². The van der Waals surface area contributed by atoms with E-state index in [1.54, 1.807) is 0 Å². The first-order valence-electron chi connectivity index (χ1n) is 8.31. The van der Waals surface area contributed by atoms with E-state index in [2.05, 4.69) is 41.5 Å². The van der Waals surface area contributed by atoms with Gasteiger partial charge in [-0.2, -0.15) is 0 Å². The van der Waals surface area contributed by atoms with Gasteiger partial charge in [0, 0.05) is 5.75 Å². The van der Waals surface area contributed by atoms with Gasteiger partial charge in [0.2, 0.25) is 5.69 Å². The summed E-state index contributed by atoms with van der Waals surface area (Å²) in [6, 6.07) is 0. The van der Waals surface area contributed by atoms with Crippen molar-refractivity contribution in [3.8, 4) is 0 Å². The normalized spacial score (nSPS) is 20.5. The van der Waals surface area contributed by atoms with Crippen LogP contribution in [-0.2, 0) is 16.3 Å². The Balaban J connectivity index is 4.00. The molecular weight excluding hydrogens is 319 g/mol. The van der Waals surface area contributed by atoms with E-state index in [9.17, 15) is 4.89 Å². The Morgan fingerprint density at radius 3 is 1.90 bits per heavy atom. The highest BCUT2D eigenvalue weighted by molar-refractivity contribution is 8.67. The maximum absolute atomic E-state index is 10.3. The van der Waals surface area contributed by atoms with Crippen molar-refractivity contribution in [3.05, 3.63) is 0 Å². The zero-order valence-electron chi connectivity index (χ0n) is 14.7. The standard InChI is InChI=1S/C16H35O2PS2/c1-7-13(3)9-15(5)11-18-19(17,20)21-12-16(6)10-14(4)8-2/h13-16H,7-12H2,1-6H3,(H,17,20). The summed E-state index contributed by atoms with van der Waals surface area (Å²) in [5.41, 5.74) is -2.65. The largest absolute Gasteiger partial charge is 0.337 e. The van der Waals surface area contributed by atoms with Crippen LogP contribution in [0.1, 0.15) is 67.2 Å². The van der Waals surface area contributed by atoms with Gasteiger partial charge >= 0.3 is 0 Å². The summed E-state index contributed by atoms with van der Waals surface area (Å²) in [6.07, 6.45) is 4.75. The first-order chi connectivity index (χ1) is 9.70. The monoisotopic (exact) mass is 354 g/mol. The van der Waals surface area contributed by atoms with Crippen molar-refractivity contribution >= 4 is 28.9 Å². The van der Waals surface area contributed by atoms with Crippen molar-refractivity contribution in [2.24, 2.45) is 23.7 Å². The summed E-state index contributed by atoms with van der Waals surface area (Å²) >= 11 is 6.74. The summed E-state index contributed by atoms with van der Waals surface area (Å²) in [4.78, 5) is 10.3. The third-order valence-electron chi connectivity index (χ3n) is 4.05. The van der Waals surface area contributed by atoms with E-state index in [1.807, 2.05) is 0 Å². The molecule has 0 saturated carbocycles. The van der Waals surface area contributed by atoms with E-state index < -0.39 is 5.69 Å². The molecule has 0 bridgehead atoms. The highest BCUT2D eigenvalue weighted by Gasteiger charge is 2.19. The molecule has 0 fully saturated rings. The first kappa shape index (κ1) is 21.9. The Morgan fingerprint density at radius 2 is 1.43 bits per heavy atom. The zero-order chi connectivity index (χ0) is 16.5. The summed E-state index contributed by atoms with van der Waals surface area (Å²) in [5.74, 6) is 3.41. The van der Waals surface area contributed by atoms with Crippen LogP contribution in [0.4, 0.5) is 0 Å². The molecule has 5 atom stereocenters. The van der Waals surface area contributed by atoms with Crippen LogP contribution in [0.3, 0.4) is 0 Å². The fourth-order valence-electron chi connectivity index (χ4n) is 2.32. The minimum absolute atomic E-state index is 0.465. The number of hydrogen-bond donors (Lipinski definition) is 1. The molecule has 128 valence electrons. The van der Waals surface area contributed by atoms with Gasteiger partial charge in [-0.1, -0.05) is 65.8 Å². The molecule has 0 saturated heterocycles. The molecule has 0 aliphatic rings. The van der Waals surface area contributed by atoms with Crippen LogP contribution in [-0.4, -0.2) is 17.3 Å². The molecule has 0 aromatic rings. The lowest BCUT2D eigenvalue weighted by atomic mass is 9.96. The van der Waals surface area contributed by atoms with E-state index >= 15 is 0 Å². The van der Waals surface area contributed by atoms with Gasteiger partial charge in [0.25, 0.3) is 0 Å². The van der Waals surface area contributed by atoms with E-state index in [0.29, 0.717) is 24.4 Å². The lowest BCUT2D eigenvalue weighted by Crippen LogP contribution is -2.09. The van der Waals surface area contributed by atoms with Crippen LogP contribution in [0.2, 0.25) is 0 Å². The lowest BCUT2D eigenvalue weighted by molar-refractivity contribution is 0.239. The van der Waals surface area contributed by atoms with Gasteiger partial charge < -0.3 is 9.42 Å². The van der Waals surface area contributed by atoms with Gasteiger partial charge in [-0.3, -0.25) is 0 Å².